The van der Waals surface area contributed by atoms with Crippen LogP contribution in [0.2, 0.25) is 0 Å². The molecular formula is C20H22N4O3. The quantitative estimate of drug-likeness (QED) is 0.648. The van der Waals surface area contributed by atoms with E-state index < -0.39 is 0 Å². The number of benzene rings is 1. The Morgan fingerprint density at radius 3 is 2.85 bits per heavy atom. The van der Waals surface area contributed by atoms with Crippen LogP contribution in [0.5, 0.6) is 0 Å². The third kappa shape index (κ3) is 2.94. The van der Waals surface area contributed by atoms with E-state index in [9.17, 15) is 9.59 Å². The summed E-state index contributed by atoms with van der Waals surface area (Å²) in [5.74, 6) is 0. The maximum atomic E-state index is 13.3. The van der Waals surface area contributed by atoms with Crippen molar-refractivity contribution in [3.8, 4) is 5.69 Å². The molecule has 1 atom stereocenters. The topological polar surface area (TPSA) is 71.1 Å². The molecule has 0 bridgehead atoms. The molecule has 1 fully saturated rings. The van der Waals surface area contributed by atoms with E-state index in [1.54, 1.807) is 17.0 Å². The first kappa shape index (κ1) is 17.5. The maximum absolute atomic E-state index is 13.3. The zero-order valence-corrected chi connectivity index (χ0v) is 15.3. The monoisotopic (exact) mass is 366 g/mol. The minimum atomic E-state index is -0.388. The Bertz CT molecular complexity index is 1120. The molecule has 1 unspecified atom stereocenters. The summed E-state index contributed by atoms with van der Waals surface area (Å²) in [4.78, 5) is 30.9. The van der Waals surface area contributed by atoms with E-state index in [1.165, 1.54) is 9.13 Å². The number of nitrogens with zero attached hydrogens (tertiary/aromatic N) is 4. The molecule has 1 aliphatic rings. The van der Waals surface area contributed by atoms with E-state index >= 15 is 0 Å². The van der Waals surface area contributed by atoms with Crippen molar-refractivity contribution in [2.45, 2.75) is 39.0 Å². The van der Waals surface area contributed by atoms with Gasteiger partial charge in [0.05, 0.1) is 24.7 Å². The molecule has 0 spiro atoms. The summed E-state index contributed by atoms with van der Waals surface area (Å²) in [5, 5.41) is 0. The minimum Gasteiger partial charge on any atom is -0.376 e. The average Bonchev–Trinajstić information content (AvgIpc) is 3.31. The standard InChI is InChI=1S/C20H22N4O3/c1-3-10-22-13-21-18-17(22)19(25)23(12-15-8-6-11-27-15)20(26)24(18)16-9-5-4-7-14(16)2/h3-5,7,9,13,15H,1,6,8,10-12H2,2H3. The number of allylic oxidation sites excluding steroid dienone is 1. The number of para-hydroxylation sites is 1. The average molecular weight is 366 g/mol. The molecule has 0 saturated carbocycles. The number of imidazole rings is 1. The van der Waals surface area contributed by atoms with Crippen molar-refractivity contribution in [1.82, 2.24) is 18.7 Å². The first-order chi connectivity index (χ1) is 13.1. The fraction of sp³-hybridized carbons (Fsp3) is 0.350. The van der Waals surface area contributed by atoms with E-state index in [0.717, 1.165) is 24.1 Å². The lowest BCUT2D eigenvalue weighted by Gasteiger charge is -2.16. The number of hydrogen-bond acceptors (Lipinski definition) is 4. The van der Waals surface area contributed by atoms with Gasteiger partial charge in [-0.15, -0.1) is 6.58 Å². The molecule has 7 nitrogen and oxygen atoms in total. The molecule has 27 heavy (non-hydrogen) atoms. The molecule has 140 valence electrons. The van der Waals surface area contributed by atoms with Gasteiger partial charge in [0.2, 0.25) is 0 Å². The first-order valence-corrected chi connectivity index (χ1v) is 9.11. The normalized spacial score (nSPS) is 16.9. The van der Waals surface area contributed by atoms with Gasteiger partial charge in [-0.1, -0.05) is 24.3 Å². The molecule has 0 aliphatic carbocycles. The SMILES string of the molecule is C=CCn1cnc2c1c(=O)n(CC1CCCO1)c(=O)n2-c1ccccc1C. The van der Waals surface area contributed by atoms with Gasteiger partial charge in [-0.2, -0.15) is 0 Å². The van der Waals surface area contributed by atoms with Crippen molar-refractivity contribution in [1.29, 1.82) is 0 Å². The van der Waals surface area contributed by atoms with E-state index in [2.05, 4.69) is 11.6 Å². The molecule has 4 rings (SSSR count). The van der Waals surface area contributed by atoms with Crippen LogP contribution in [0.1, 0.15) is 18.4 Å². The van der Waals surface area contributed by atoms with Crippen LogP contribution in [0.3, 0.4) is 0 Å². The summed E-state index contributed by atoms with van der Waals surface area (Å²) < 4.78 is 10.2. The Morgan fingerprint density at radius 1 is 1.33 bits per heavy atom. The Balaban J connectivity index is 2.03. The molecule has 3 heterocycles. The largest absolute Gasteiger partial charge is 0.376 e. The third-order valence-corrected chi connectivity index (χ3v) is 4.99. The molecule has 7 heteroatoms. The summed E-state index contributed by atoms with van der Waals surface area (Å²) in [6.45, 7) is 7.04. The van der Waals surface area contributed by atoms with Crippen LogP contribution in [-0.2, 0) is 17.8 Å². The van der Waals surface area contributed by atoms with E-state index in [0.29, 0.717) is 24.3 Å². The van der Waals surface area contributed by atoms with E-state index in [-0.39, 0.29) is 23.9 Å². The van der Waals surface area contributed by atoms with Gasteiger partial charge in [-0.25, -0.2) is 14.3 Å². The summed E-state index contributed by atoms with van der Waals surface area (Å²) in [6.07, 6.45) is 4.96. The molecule has 2 aromatic heterocycles. The lowest BCUT2D eigenvalue weighted by Crippen LogP contribution is -2.42. The molecule has 3 aromatic rings. The second-order valence-electron chi connectivity index (χ2n) is 6.81. The highest BCUT2D eigenvalue weighted by molar-refractivity contribution is 5.72. The van der Waals surface area contributed by atoms with Crippen molar-refractivity contribution >= 4 is 11.2 Å². The van der Waals surface area contributed by atoms with Crippen molar-refractivity contribution < 1.29 is 4.74 Å². The molecule has 0 N–H and O–H groups in total. The van der Waals surface area contributed by atoms with Gasteiger partial charge in [0.1, 0.15) is 0 Å². The molecule has 1 aromatic carbocycles. The van der Waals surface area contributed by atoms with E-state index in [1.807, 2.05) is 31.2 Å². The second-order valence-corrected chi connectivity index (χ2v) is 6.81. The predicted molar refractivity (Wildman–Crippen MR) is 103 cm³/mol. The fourth-order valence-electron chi connectivity index (χ4n) is 3.64. The van der Waals surface area contributed by atoms with Gasteiger partial charge in [0, 0.05) is 13.2 Å². The fourth-order valence-corrected chi connectivity index (χ4v) is 3.64. The number of ether oxygens (including phenoxy) is 1. The first-order valence-electron chi connectivity index (χ1n) is 9.11. The van der Waals surface area contributed by atoms with Crippen molar-refractivity contribution in [2.75, 3.05) is 6.61 Å². The number of rotatable bonds is 5. The van der Waals surface area contributed by atoms with Crippen LogP contribution in [-0.4, -0.2) is 31.4 Å². The lowest BCUT2D eigenvalue weighted by molar-refractivity contribution is 0.0950. The highest BCUT2D eigenvalue weighted by atomic mass is 16.5. The van der Waals surface area contributed by atoms with Gasteiger partial charge >= 0.3 is 5.69 Å². The molecule has 0 amide bonds. The number of aromatic nitrogens is 4. The van der Waals surface area contributed by atoms with Crippen molar-refractivity contribution in [3.63, 3.8) is 0 Å². The highest BCUT2D eigenvalue weighted by Gasteiger charge is 2.23. The minimum absolute atomic E-state index is 0.117. The summed E-state index contributed by atoms with van der Waals surface area (Å²) in [5.41, 5.74) is 1.69. The van der Waals surface area contributed by atoms with Crippen LogP contribution >= 0.6 is 0 Å². The lowest BCUT2D eigenvalue weighted by atomic mass is 10.2. The van der Waals surface area contributed by atoms with Crippen LogP contribution in [0.25, 0.3) is 16.9 Å². The van der Waals surface area contributed by atoms with Crippen molar-refractivity contribution in [2.24, 2.45) is 0 Å². The highest BCUT2D eigenvalue weighted by Crippen LogP contribution is 2.18. The van der Waals surface area contributed by atoms with Crippen molar-refractivity contribution in [3.05, 3.63) is 69.6 Å². The molecule has 0 radical (unpaired) electrons. The van der Waals surface area contributed by atoms with Crippen LogP contribution < -0.4 is 11.2 Å². The number of fused-ring (bicyclic) bond motifs is 1. The Morgan fingerprint density at radius 2 is 2.15 bits per heavy atom. The summed E-state index contributed by atoms with van der Waals surface area (Å²) in [6, 6.07) is 7.59. The van der Waals surface area contributed by atoms with Gasteiger partial charge in [-0.05, 0) is 31.4 Å². The zero-order chi connectivity index (χ0) is 19.0. The summed E-state index contributed by atoms with van der Waals surface area (Å²) in [7, 11) is 0. The smallest absolute Gasteiger partial charge is 0.337 e. The molecule has 1 saturated heterocycles. The Hall–Kier alpha value is -2.93. The molecule has 1 aliphatic heterocycles. The van der Waals surface area contributed by atoms with Gasteiger partial charge in [0.25, 0.3) is 5.56 Å². The van der Waals surface area contributed by atoms with Crippen LogP contribution in [0, 0.1) is 6.92 Å². The van der Waals surface area contributed by atoms with Crippen LogP contribution in [0.15, 0.2) is 52.8 Å². The second kappa shape index (κ2) is 7.00. The third-order valence-electron chi connectivity index (χ3n) is 4.99. The Labute approximate surface area is 156 Å². The number of aryl methyl sites for hydroxylation is 1. The Kier molecular flexibility index (Phi) is 4.53. The zero-order valence-electron chi connectivity index (χ0n) is 15.3. The number of hydrogen-bond donors (Lipinski definition) is 0. The van der Waals surface area contributed by atoms with Crippen LogP contribution in [0.4, 0.5) is 0 Å². The van der Waals surface area contributed by atoms with Gasteiger partial charge in [-0.3, -0.25) is 9.36 Å². The molecular weight excluding hydrogens is 344 g/mol. The van der Waals surface area contributed by atoms with Gasteiger partial charge < -0.3 is 9.30 Å². The predicted octanol–water partition coefficient (Wildman–Crippen LogP) is 2.02. The summed E-state index contributed by atoms with van der Waals surface area (Å²) >= 11 is 0. The van der Waals surface area contributed by atoms with Gasteiger partial charge in [0.15, 0.2) is 11.2 Å². The van der Waals surface area contributed by atoms with E-state index in [4.69, 9.17) is 4.74 Å². The maximum Gasteiger partial charge on any atom is 0.337 e.